The molecule has 0 saturated heterocycles. The first-order chi connectivity index (χ1) is 10.2. The summed E-state index contributed by atoms with van der Waals surface area (Å²) in [6.07, 6.45) is 6.26. The second kappa shape index (κ2) is 5.70. The van der Waals surface area contributed by atoms with Crippen molar-refractivity contribution in [2.24, 2.45) is 0 Å². The monoisotopic (exact) mass is 298 g/mol. The second-order valence-electron chi connectivity index (χ2n) is 4.98. The number of fused-ring (bicyclic) bond motifs is 1. The van der Waals surface area contributed by atoms with Crippen LogP contribution in [0.1, 0.15) is 13.3 Å². The van der Waals surface area contributed by atoms with E-state index in [0.717, 1.165) is 22.9 Å². The Morgan fingerprint density at radius 1 is 1.24 bits per heavy atom. The Morgan fingerprint density at radius 3 is 2.81 bits per heavy atom. The van der Waals surface area contributed by atoms with E-state index in [1.165, 1.54) is 0 Å². The average Bonchev–Trinajstić information content (AvgIpc) is 2.50. The molecule has 0 N–H and O–H groups in total. The molecule has 0 unspecified atom stereocenters. The van der Waals surface area contributed by atoms with E-state index in [1.54, 1.807) is 17.0 Å². The molecule has 21 heavy (non-hydrogen) atoms. The predicted molar refractivity (Wildman–Crippen MR) is 86.7 cm³/mol. The summed E-state index contributed by atoms with van der Waals surface area (Å²) < 4.78 is 1.71. The lowest BCUT2D eigenvalue weighted by Crippen LogP contribution is -2.19. The van der Waals surface area contributed by atoms with Gasteiger partial charge in [-0.2, -0.15) is 0 Å². The second-order valence-corrected chi connectivity index (χ2v) is 5.39. The topological polar surface area (TPSA) is 34.9 Å². The normalized spacial score (nSPS) is 11.0. The summed E-state index contributed by atoms with van der Waals surface area (Å²) in [4.78, 5) is 16.6. The zero-order valence-electron chi connectivity index (χ0n) is 11.7. The van der Waals surface area contributed by atoms with Crippen LogP contribution in [-0.4, -0.2) is 9.55 Å². The van der Waals surface area contributed by atoms with Gasteiger partial charge in [0.2, 0.25) is 0 Å². The summed E-state index contributed by atoms with van der Waals surface area (Å²) in [5, 5.41) is 1.93. The van der Waals surface area contributed by atoms with Gasteiger partial charge >= 0.3 is 0 Å². The van der Waals surface area contributed by atoms with E-state index in [0.29, 0.717) is 17.0 Å². The van der Waals surface area contributed by atoms with E-state index in [9.17, 15) is 4.79 Å². The van der Waals surface area contributed by atoms with Crippen LogP contribution in [0.15, 0.2) is 53.7 Å². The van der Waals surface area contributed by atoms with Crippen molar-refractivity contribution in [3.8, 4) is 11.1 Å². The van der Waals surface area contributed by atoms with Crippen LogP contribution in [0.2, 0.25) is 5.02 Å². The molecule has 0 saturated carbocycles. The fraction of sp³-hybridized carbons (Fsp3) is 0.176. The maximum absolute atomic E-state index is 12.5. The lowest BCUT2D eigenvalue weighted by molar-refractivity contribution is 0.659. The number of aromatic nitrogens is 2. The molecule has 0 aliphatic rings. The molecule has 0 atom stereocenters. The molecular weight excluding hydrogens is 284 g/mol. The Bertz CT molecular complexity index is 841. The zero-order chi connectivity index (χ0) is 14.8. The number of pyridine rings is 2. The molecular formula is C17H15ClN2O. The van der Waals surface area contributed by atoms with Crippen LogP contribution in [0.3, 0.4) is 0 Å². The Labute approximate surface area is 127 Å². The molecule has 0 spiro atoms. The van der Waals surface area contributed by atoms with E-state index in [-0.39, 0.29) is 5.56 Å². The van der Waals surface area contributed by atoms with E-state index in [1.807, 2.05) is 43.5 Å². The van der Waals surface area contributed by atoms with Crippen LogP contribution < -0.4 is 5.56 Å². The largest absolute Gasteiger partial charge is 0.315 e. The molecule has 3 aromatic rings. The van der Waals surface area contributed by atoms with E-state index < -0.39 is 0 Å². The molecule has 2 heterocycles. The van der Waals surface area contributed by atoms with Crippen molar-refractivity contribution < 1.29 is 0 Å². The molecule has 0 aliphatic heterocycles. The summed E-state index contributed by atoms with van der Waals surface area (Å²) >= 11 is 6.36. The van der Waals surface area contributed by atoms with Gasteiger partial charge in [-0.25, -0.2) is 0 Å². The smallest absolute Gasteiger partial charge is 0.259 e. The fourth-order valence-electron chi connectivity index (χ4n) is 2.48. The number of hydrogen-bond donors (Lipinski definition) is 0. The fourth-order valence-corrected chi connectivity index (χ4v) is 2.79. The van der Waals surface area contributed by atoms with E-state index >= 15 is 0 Å². The van der Waals surface area contributed by atoms with Crippen LogP contribution in [0, 0.1) is 0 Å². The first-order valence-electron chi connectivity index (χ1n) is 6.94. The SMILES string of the molecule is CCCn1ccc2cc(-c3cccnc3)cc(Cl)c2c1=O. The van der Waals surface area contributed by atoms with Crippen LogP contribution in [0.5, 0.6) is 0 Å². The number of nitrogens with zero attached hydrogens (tertiary/aromatic N) is 2. The van der Waals surface area contributed by atoms with Gasteiger partial charge in [0, 0.05) is 30.7 Å². The number of rotatable bonds is 3. The maximum Gasteiger partial charge on any atom is 0.259 e. The van der Waals surface area contributed by atoms with Gasteiger partial charge in [-0.3, -0.25) is 9.78 Å². The van der Waals surface area contributed by atoms with Crippen molar-refractivity contribution in [1.82, 2.24) is 9.55 Å². The Hall–Kier alpha value is -2.13. The van der Waals surface area contributed by atoms with Gasteiger partial charge in [-0.05, 0) is 41.6 Å². The van der Waals surface area contributed by atoms with Crippen molar-refractivity contribution in [3.05, 3.63) is 64.3 Å². The Kier molecular flexibility index (Phi) is 3.76. The van der Waals surface area contributed by atoms with Crippen LogP contribution in [0.4, 0.5) is 0 Å². The lowest BCUT2D eigenvalue weighted by atomic mass is 10.0. The molecule has 0 bridgehead atoms. The number of benzene rings is 1. The van der Waals surface area contributed by atoms with Gasteiger partial charge < -0.3 is 4.57 Å². The van der Waals surface area contributed by atoms with E-state index in [4.69, 9.17) is 11.6 Å². The van der Waals surface area contributed by atoms with E-state index in [2.05, 4.69) is 4.98 Å². The molecule has 106 valence electrons. The third-order valence-electron chi connectivity index (χ3n) is 3.49. The highest BCUT2D eigenvalue weighted by Crippen LogP contribution is 2.28. The molecule has 3 rings (SSSR count). The summed E-state index contributed by atoms with van der Waals surface area (Å²) in [5.74, 6) is 0. The standard InChI is InChI=1S/C17H15ClN2O/c1-2-7-20-8-5-12-9-14(13-4-3-6-19-11-13)10-15(18)16(12)17(20)21/h3-6,8-11H,2,7H2,1H3. The third-order valence-corrected chi connectivity index (χ3v) is 3.79. The summed E-state index contributed by atoms with van der Waals surface area (Å²) in [6.45, 7) is 2.75. The third kappa shape index (κ3) is 2.57. The highest BCUT2D eigenvalue weighted by atomic mass is 35.5. The molecule has 0 amide bonds. The van der Waals surface area contributed by atoms with Gasteiger partial charge in [0.1, 0.15) is 0 Å². The van der Waals surface area contributed by atoms with Gasteiger partial charge in [0.15, 0.2) is 0 Å². The summed E-state index contributed by atoms with van der Waals surface area (Å²) in [7, 11) is 0. The van der Waals surface area contributed by atoms with Crippen LogP contribution in [0.25, 0.3) is 21.9 Å². The highest BCUT2D eigenvalue weighted by Gasteiger charge is 2.09. The van der Waals surface area contributed by atoms with Gasteiger partial charge in [-0.1, -0.05) is 24.6 Å². The van der Waals surface area contributed by atoms with Crippen molar-refractivity contribution in [3.63, 3.8) is 0 Å². The first kappa shape index (κ1) is 13.8. The van der Waals surface area contributed by atoms with Crippen molar-refractivity contribution >= 4 is 22.4 Å². The molecule has 0 aliphatic carbocycles. The number of halogens is 1. The molecule has 3 nitrogen and oxygen atoms in total. The quantitative estimate of drug-likeness (QED) is 0.729. The summed E-state index contributed by atoms with van der Waals surface area (Å²) in [5.41, 5.74) is 1.92. The predicted octanol–water partition coefficient (Wildman–Crippen LogP) is 4.13. The number of hydrogen-bond acceptors (Lipinski definition) is 2. The minimum atomic E-state index is -0.0305. The maximum atomic E-state index is 12.5. The molecule has 2 aromatic heterocycles. The first-order valence-corrected chi connectivity index (χ1v) is 7.31. The lowest BCUT2D eigenvalue weighted by Gasteiger charge is -2.09. The molecule has 0 fully saturated rings. The minimum absolute atomic E-state index is 0.0305. The average molecular weight is 299 g/mol. The minimum Gasteiger partial charge on any atom is -0.315 e. The Morgan fingerprint density at radius 2 is 2.10 bits per heavy atom. The molecule has 4 heteroatoms. The van der Waals surface area contributed by atoms with Crippen molar-refractivity contribution in [2.45, 2.75) is 19.9 Å². The highest BCUT2D eigenvalue weighted by molar-refractivity contribution is 6.35. The van der Waals surface area contributed by atoms with Gasteiger partial charge in [0.25, 0.3) is 5.56 Å². The van der Waals surface area contributed by atoms with Gasteiger partial charge in [0.05, 0.1) is 10.4 Å². The molecule has 0 radical (unpaired) electrons. The van der Waals surface area contributed by atoms with Crippen molar-refractivity contribution in [2.75, 3.05) is 0 Å². The summed E-state index contributed by atoms with van der Waals surface area (Å²) in [6, 6.07) is 9.61. The molecule has 1 aromatic carbocycles. The number of aryl methyl sites for hydroxylation is 1. The van der Waals surface area contributed by atoms with Gasteiger partial charge in [-0.15, -0.1) is 0 Å². The van der Waals surface area contributed by atoms with Crippen LogP contribution >= 0.6 is 11.6 Å². The zero-order valence-corrected chi connectivity index (χ0v) is 12.5. The Balaban J connectivity index is 2.23. The van der Waals surface area contributed by atoms with Crippen LogP contribution in [-0.2, 0) is 6.54 Å². The van der Waals surface area contributed by atoms with Crippen molar-refractivity contribution in [1.29, 1.82) is 0 Å².